The lowest BCUT2D eigenvalue weighted by Gasteiger charge is -2.24. The van der Waals surface area contributed by atoms with Crippen molar-refractivity contribution in [2.45, 2.75) is 31.1 Å². The Bertz CT molecular complexity index is 732. The van der Waals surface area contributed by atoms with Gasteiger partial charge < -0.3 is 10.6 Å². The molecule has 1 saturated carbocycles. The van der Waals surface area contributed by atoms with Crippen molar-refractivity contribution in [2.24, 2.45) is 0 Å². The maximum absolute atomic E-state index is 13.0. The molecular formula is C19H20N2O. The molecule has 1 fully saturated rings. The van der Waals surface area contributed by atoms with Gasteiger partial charge in [0.1, 0.15) is 0 Å². The molecule has 4 rings (SSSR count). The van der Waals surface area contributed by atoms with Crippen LogP contribution in [0.25, 0.3) is 0 Å². The van der Waals surface area contributed by atoms with E-state index in [1.165, 1.54) is 31.2 Å². The van der Waals surface area contributed by atoms with Crippen molar-refractivity contribution in [3.05, 3.63) is 59.7 Å². The molecule has 1 amide bonds. The van der Waals surface area contributed by atoms with Crippen molar-refractivity contribution < 1.29 is 4.79 Å². The zero-order valence-corrected chi connectivity index (χ0v) is 12.6. The summed E-state index contributed by atoms with van der Waals surface area (Å²) in [6.45, 7) is 0.806. The predicted molar refractivity (Wildman–Crippen MR) is 89.1 cm³/mol. The summed E-state index contributed by atoms with van der Waals surface area (Å²) >= 11 is 0. The molecule has 0 unspecified atom stereocenters. The van der Waals surface area contributed by atoms with Crippen LogP contribution in [0.1, 0.15) is 41.6 Å². The zero-order chi connectivity index (χ0) is 15.2. The second kappa shape index (κ2) is 4.87. The van der Waals surface area contributed by atoms with Gasteiger partial charge in [-0.15, -0.1) is 0 Å². The van der Waals surface area contributed by atoms with Crippen LogP contribution in [0.15, 0.2) is 48.5 Å². The molecular weight excluding hydrogens is 272 g/mol. The third kappa shape index (κ3) is 1.92. The Morgan fingerprint density at radius 2 is 1.82 bits per heavy atom. The van der Waals surface area contributed by atoms with Crippen LogP contribution >= 0.6 is 0 Å². The standard InChI is InChI=1S/C19H20N2O/c20-15-7-5-6-14(12-15)18(22)21-13-19(10-3-4-11-19)16-8-1-2-9-17(16)21/h1-2,5-9,12H,3-4,10-11,13,20H2. The number of para-hydroxylation sites is 1. The first-order valence-corrected chi connectivity index (χ1v) is 7.97. The molecule has 1 spiro atoms. The molecule has 0 atom stereocenters. The van der Waals surface area contributed by atoms with E-state index >= 15 is 0 Å². The number of carbonyl (C=O) groups excluding carboxylic acids is 1. The van der Waals surface area contributed by atoms with Gasteiger partial charge in [-0.1, -0.05) is 37.1 Å². The van der Waals surface area contributed by atoms with E-state index in [1.54, 1.807) is 6.07 Å². The van der Waals surface area contributed by atoms with Crippen molar-refractivity contribution in [1.29, 1.82) is 0 Å². The van der Waals surface area contributed by atoms with E-state index in [0.29, 0.717) is 11.3 Å². The predicted octanol–water partition coefficient (Wildman–Crippen LogP) is 3.74. The molecule has 112 valence electrons. The Morgan fingerprint density at radius 3 is 2.59 bits per heavy atom. The smallest absolute Gasteiger partial charge is 0.258 e. The average Bonchev–Trinajstić information content (AvgIpc) is 3.14. The van der Waals surface area contributed by atoms with E-state index in [-0.39, 0.29) is 11.3 Å². The largest absolute Gasteiger partial charge is 0.399 e. The van der Waals surface area contributed by atoms with E-state index in [0.717, 1.165) is 12.2 Å². The highest BCUT2D eigenvalue weighted by Crippen LogP contribution is 2.50. The van der Waals surface area contributed by atoms with Crippen LogP contribution in [0.2, 0.25) is 0 Å². The van der Waals surface area contributed by atoms with Gasteiger partial charge in [-0.05, 0) is 42.7 Å². The Hall–Kier alpha value is -2.29. The monoisotopic (exact) mass is 292 g/mol. The average molecular weight is 292 g/mol. The van der Waals surface area contributed by atoms with Crippen LogP contribution in [0, 0.1) is 0 Å². The van der Waals surface area contributed by atoms with E-state index in [9.17, 15) is 4.79 Å². The molecule has 2 aromatic rings. The van der Waals surface area contributed by atoms with Crippen LogP contribution in [0.3, 0.4) is 0 Å². The lowest BCUT2D eigenvalue weighted by atomic mass is 9.81. The Kier molecular flexibility index (Phi) is 2.96. The summed E-state index contributed by atoms with van der Waals surface area (Å²) in [6, 6.07) is 15.7. The van der Waals surface area contributed by atoms with E-state index in [1.807, 2.05) is 29.2 Å². The van der Waals surface area contributed by atoms with E-state index in [4.69, 9.17) is 5.73 Å². The molecule has 1 aliphatic heterocycles. The van der Waals surface area contributed by atoms with E-state index in [2.05, 4.69) is 18.2 Å². The molecule has 3 heteroatoms. The molecule has 22 heavy (non-hydrogen) atoms. The van der Waals surface area contributed by atoms with Crippen molar-refractivity contribution in [3.63, 3.8) is 0 Å². The first-order valence-electron chi connectivity index (χ1n) is 7.97. The van der Waals surface area contributed by atoms with Gasteiger partial charge in [-0.3, -0.25) is 4.79 Å². The molecule has 0 saturated heterocycles. The minimum absolute atomic E-state index is 0.0588. The summed E-state index contributed by atoms with van der Waals surface area (Å²) in [5.41, 5.74) is 9.74. The van der Waals surface area contributed by atoms with Gasteiger partial charge in [-0.2, -0.15) is 0 Å². The lowest BCUT2D eigenvalue weighted by Crippen LogP contribution is -2.35. The van der Waals surface area contributed by atoms with Gasteiger partial charge in [0, 0.05) is 28.9 Å². The van der Waals surface area contributed by atoms with Gasteiger partial charge in [0.25, 0.3) is 5.91 Å². The van der Waals surface area contributed by atoms with Crippen molar-refractivity contribution in [2.75, 3.05) is 17.2 Å². The maximum atomic E-state index is 13.0. The first kappa shape index (κ1) is 13.4. The zero-order valence-electron chi connectivity index (χ0n) is 12.6. The highest BCUT2D eigenvalue weighted by atomic mass is 16.2. The maximum Gasteiger partial charge on any atom is 0.258 e. The minimum Gasteiger partial charge on any atom is -0.399 e. The van der Waals surface area contributed by atoms with Crippen molar-refractivity contribution in [1.82, 2.24) is 0 Å². The summed E-state index contributed by atoms with van der Waals surface area (Å²) in [6.07, 6.45) is 4.89. The van der Waals surface area contributed by atoms with Crippen molar-refractivity contribution in [3.8, 4) is 0 Å². The van der Waals surface area contributed by atoms with Crippen molar-refractivity contribution >= 4 is 17.3 Å². The number of hydrogen-bond acceptors (Lipinski definition) is 2. The van der Waals surface area contributed by atoms with Crippen LogP contribution in [-0.2, 0) is 5.41 Å². The number of nitrogens with two attached hydrogens (primary N) is 1. The number of nitrogen functional groups attached to an aromatic ring is 1. The second-order valence-electron chi connectivity index (χ2n) is 6.52. The molecule has 2 aliphatic rings. The molecule has 2 aromatic carbocycles. The Morgan fingerprint density at radius 1 is 1.05 bits per heavy atom. The van der Waals surface area contributed by atoms with Gasteiger partial charge in [0.15, 0.2) is 0 Å². The molecule has 0 bridgehead atoms. The van der Waals surface area contributed by atoms with Gasteiger partial charge >= 0.3 is 0 Å². The number of fused-ring (bicyclic) bond motifs is 2. The third-order valence-corrected chi connectivity index (χ3v) is 5.17. The number of rotatable bonds is 1. The van der Waals surface area contributed by atoms with Gasteiger partial charge in [-0.25, -0.2) is 0 Å². The number of carbonyl (C=O) groups is 1. The quantitative estimate of drug-likeness (QED) is 0.814. The molecule has 0 aromatic heterocycles. The fourth-order valence-electron chi connectivity index (χ4n) is 4.12. The van der Waals surface area contributed by atoms with E-state index < -0.39 is 0 Å². The molecule has 1 heterocycles. The fourth-order valence-corrected chi connectivity index (χ4v) is 4.12. The molecule has 1 aliphatic carbocycles. The molecule has 2 N–H and O–H groups in total. The number of hydrogen-bond donors (Lipinski definition) is 1. The number of anilines is 2. The van der Waals surface area contributed by atoms with Crippen LogP contribution in [0.4, 0.5) is 11.4 Å². The molecule has 3 nitrogen and oxygen atoms in total. The number of nitrogens with zero attached hydrogens (tertiary/aromatic N) is 1. The Balaban J connectivity index is 1.76. The van der Waals surface area contributed by atoms with Crippen LogP contribution in [0.5, 0.6) is 0 Å². The number of amides is 1. The minimum atomic E-state index is 0.0588. The summed E-state index contributed by atoms with van der Waals surface area (Å²) in [5, 5.41) is 0. The lowest BCUT2D eigenvalue weighted by molar-refractivity contribution is 0.0985. The molecule has 0 radical (unpaired) electrons. The topological polar surface area (TPSA) is 46.3 Å². The first-order chi connectivity index (χ1) is 10.7. The normalized spacial score (nSPS) is 18.6. The van der Waals surface area contributed by atoms with Gasteiger partial charge in [0.2, 0.25) is 0 Å². The summed E-state index contributed by atoms with van der Waals surface area (Å²) in [7, 11) is 0. The summed E-state index contributed by atoms with van der Waals surface area (Å²) in [4.78, 5) is 14.9. The van der Waals surface area contributed by atoms with Crippen LogP contribution in [-0.4, -0.2) is 12.5 Å². The Labute approximate surface area is 130 Å². The third-order valence-electron chi connectivity index (χ3n) is 5.17. The van der Waals surface area contributed by atoms with Gasteiger partial charge in [0.05, 0.1) is 0 Å². The highest BCUT2D eigenvalue weighted by Gasteiger charge is 2.46. The van der Waals surface area contributed by atoms with Crippen LogP contribution < -0.4 is 10.6 Å². The highest BCUT2D eigenvalue weighted by molar-refractivity contribution is 6.08. The SMILES string of the molecule is Nc1cccc(C(=O)N2CC3(CCCC3)c3ccccc32)c1. The fraction of sp³-hybridized carbons (Fsp3) is 0.316. The second-order valence-corrected chi connectivity index (χ2v) is 6.52. The summed E-state index contributed by atoms with van der Waals surface area (Å²) in [5.74, 6) is 0.0588. The summed E-state index contributed by atoms with van der Waals surface area (Å²) < 4.78 is 0. The number of benzene rings is 2.